The fraction of sp³-hybridized carbons (Fsp3) is 0.625. The molecule has 1 rings (SSSR count). The maximum atomic E-state index is 10.7. The number of carbonyl (C=O) groups excluding carboxylic acids is 1. The lowest BCUT2D eigenvalue weighted by molar-refractivity contribution is -0.117. The number of ketones is 1. The molecule has 0 aliphatic heterocycles. The van der Waals surface area contributed by atoms with Crippen molar-refractivity contribution in [1.82, 2.24) is 0 Å². The zero-order chi connectivity index (χ0) is 6.69. The standard InChI is InChI=1S/C8H12O/c1-2-3-7-4-5-8(9)6-7/h2-3,7H,4-6H2,1H3/b3-2-/t7-/m1/s1. The van der Waals surface area contributed by atoms with E-state index in [0.717, 1.165) is 19.3 Å². The number of carbonyl (C=O) groups is 1. The Hall–Kier alpha value is -0.590. The third-order valence-electron chi connectivity index (χ3n) is 1.75. The summed E-state index contributed by atoms with van der Waals surface area (Å²) in [4.78, 5) is 10.7. The van der Waals surface area contributed by atoms with Gasteiger partial charge in [0.15, 0.2) is 0 Å². The molecule has 1 saturated carbocycles. The van der Waals surface area contributed by atoms with Crippen LogP contribution in [-0.2, 0) is 4.79 Å². The van der Waals surface area contributed by atoms with Crippen LogP contribution in [0, 0.1) is 5.92 Å². The van der Waals surface area contributed by atoms with Crippen molar-refractivity contribution in [2.75, 3.05) is 0 Å². The van der Waals surface area contributed by atoms with Gasteiger partial charge in [0.25, 0.3) is 0 Å². The summed E-state index contributed by atoms with van der Waals surface area (Å²) < 4.78 is 0. The molecule has 50 valence electrons. The summed E-state index contributed by atoms with van der Waals surface area (Å²) in [7, 11) is 0. The molecule has 1 nitrogen and oxygen atoms in total. The Kier molecular flexibility index (Phi) is 2.04. The number of allylic oxidation sites excluding steroid dienone is 2. The number of rotatable bonds is 1. The first-order valence-electron chi connectivity index (χ1n) is 3.47. The van der Waals surface area contributed by atoms with Crippen LogP contribution in [0.25, 0.3) is 0 Å². The van der Waals surface area contributed by atoms with Crippen LogP contribution in [0.4, 0.5) is 0 Å². The highest BCUT2D eigenvalue weighted by Gasteiger charge is 2.18. The smallest absolute Gasteiger partial charge is 0.133 e. The Bertz CT molecular complexity index is 136. The third kappa shape index (κ3) is 1.67. The van der Waals surface area contributed by atoms with Crippen molar-refractivity contribution in [2.45, 2.75) is 26.2 Å². The largest absolute Gasteiger partial charge is 0.300 e. The molecule has 1 aliphatic carbocycles. The van der Waals surface area contributed by atoms with Gasteiger partial charge in [0.05, 0.1) is 0 Å². The Balaban J connectivity index is 2.39. The van der Waals surface area contributed by atoms with Crippen LogP contribution in [0.2, 0.25) is 0 Å². The van der Waals surface area contributed by atoms with Crippen molar-refractivity contribution in [3.8, 4) is 0 Å². The van der Waals surface area contributed by atoms with Crippen molar-refractivity contribution in [1.29, 1.82) is 0 Å². The van der Waals surface area contributed by atoms with Gasteiger partial charge in [0.2, 0.25) is 0 Å². The molecule has 0 amide bonds. The molecule has 1 heteroatoms. The number of Topliss-reactive ketones (excluding diaryl/α,β-unsaturated/α-hetero) is 1. The van der Waals surface area contributed by atoms with Crippen LogP contribution in [0.1, 0.15) is 26.2 Å². The summed E-state index contributed by atoms with van der Waals surface area (Å²) in [6.45, 7) is 2.00. The van der Waals surface area contributed by atoms with Crippen LogP contribution in [-0.4, -0.2) is 5.78 Å². The highest BCUT2D eigenvalue weighted by molar-refractivity contribution is 5.80. The lowest BCUT2D eigenvalue weighted by Crippen LogP contribution is -1.89. The summed E-state index contributed by atoms with van der Waals surface area (Å²) in [6.07, 6.45) is 6.82. The van der Waals surface area contributed by atoms with E-state index in [1.54, 1.807) is 0 Å². The summed E-state index contributed by atoms with van der Waals surface area (Å²) in [5.41, 5.74) is 0. The molecular weight excluding hydrogens is 112 g/mol. The third-order valence-corrected chi connectivity index (χ3v) is 1.75. The van der Waals surface area contributed by atoms with Gasteiger partial charge < -0.3 is 0 Å². The van der Waals surface area contributed by atoms with Gasteiger partial charge >= 0.3 is 0 Å². The van der Waals surface area contributed by atoms with Crippen molar-refractivity contribution < 1.29 is 4.79 Å². The lowest BCUT2D eigenvalue weighted by Gasteiger charge is -1.95. The van der Waals surface area contributed by atoms with E-state index in [9.17, 15) is 4.79 Å². The van der Waals surface area contributed by atoms with Crippen molar-refractivity contribution in [3.63, 3.8) is 0 Å². The Morgan fingerprint density at radius 3 is 2.89 bits per heavy atom. The monoisotopic (exact) mass is 124 g/mol. The molecule has 0 aromatic carbocycles. The minimum absolute atomic E-state index is 0.429. The predicted molar refractivity (Wildman–Crippen MR) is 37.2 cm³/mol. The zero-order valence-corrected chi connectivity index (χ0v) is 5.76. The predicted octanol–water partition coefficient (Wildman–Crippen LogP) is 1.93. The number of hydrogen-bond acceptors (Lipinski definition) is 1. The molecule has 9 heavy (non-hydrogen) atoms. The quantitative estimate of drug-likeness (QED) is 0.488. The normalized spacial score (nSPS) is 28.1. The van der Waals surface area contributed by atoms with Crippen LogP contribution in [0.15, 0.2) is 12.2 Å². The van der Waals surface area contributed by atoms with Crippen molar-refractivity contribution >= 4 is 5.78 Å². The van der Waals surface area contributed by atoms with Gasteiger partial charge in [-0.3, -0.25) is 4.79 Å². The van der Waals surface area contributed by atoms with Gasteiger partial charge in [-0.05, 0) is 19.3 Å². The molecule has 0 bridgehead atoms. The first kappa shape index (κ1) is 6.53. The summed E-state index contributed by atoms with van der Waals surface area (Å²) >= 11 is 0. The van der Waals surface area contributed by atoms with E-state index in [2.05, 4.69) is 6.08 Å². The summed E-state index contributed by atoms with van der Waals surface area (Å²) in [6, 6.07) is 0. The minimum Gasteiger partial charge on any atom is -0.300 e. The van der Waals surface area contributed by atoms with E-state index < -0.39 is 0 Å². The molecule has 1 aliphatic rings. The van der Waals surface area contributed by atoms with Crippen LogP contribution in [0.5, 0.6) is 0 Å². The van der Waals surface area contributed by atoms with Crippen LogP contribution < -0.4 is 0 Å². The SMILES string of the molecule is C/C=C\[C@@H]1CCC(=O)C1. The van der Waals surface area contributed by atoms with E-state index in [1.165, 1.54) is 0 Å². The zero-order valence-electron chi connectivity index (χ0n) is 5.76. The first-order chi connectivity index (χ1) is 4.33. The van der Waals surface area contributed by atoms with Crippen LogP contribution in [0.3, 0.4) is 0 Å². The highest BCUT2D eigenvalue weighted by atomic mass is 16.1. The topological polar surface area (TPSA) is 17.1 Å². The number of hydrogen-bond donors (Lipinski definition) is 0. The van der Waals surface area contributed by atoms with E-state index in [1.807, 2.05) is 13.0 Å². The summed E-state index contributed by atoms with van der Waals surface area (Å²) in [5, 5.41) is 0. The molecule has 0 aromatic heterocycles. The molecule has 0 radical (unpaired) electrons. The average Bonchev–Trinajstić information content (AvgIpc) is 2.17. The van der Waals surface area contributed by atoms with Gasteiger partial charge in [0, 0.05) is 12.8 Å². The molecule has 0 heterocycles. The summed E-state index contributed by atoms with van der Waals surface area (Å²) in [5.74, 6) is 0.987. The maximum Gasteiger partial charge on any atom is 0.133 e. The van der Waals surface area contributed by atoms with Gasteiger partial charge in [-0.1, -0.05) is 12.2 Å². The average molecular weight is 124 g/mol. The van der Waals surface area contributed by atoms with E-state index in [4.69, 9.17) is 0 Å². The molecule has 0 N–H and O–H groups in total. The molecule has 1 atom stereocenters. The second-order valence-corrected chi connectivity index (χ2v) is 2.57. The fourth-order valence-corrected chi connectivity index (χ4v) is 1.28. The Morgan fingerprint density at radius 2 is 2.44 bits per heavy atom. The van der Waals surface area contributed by atoms with Crippen molar-refractivity contribution in [3.05, 3.63) is 12.2 Å². The lowest BCUT2D eigenvalue weighted by atomic mass is 10.1. The van der Waals surface area contributed by atoms with E-state index in [-0.39, 0.29) is 0 Å². The molecule has 0 aromatic rings. The van der Waals surface area contributed by atoms with E-state index in [0.29, 0.717) is 11.7 Å². The molecule has 0 unspecified atom stereocenters. The molecule has 0 spiro atoms. The van der Waals surface area contributed by atoms with Gasteiger partial charge in [-0.2, -0.15) is 0 Å². The second-order valence-electron chi connectivity index (χ2n) is 2.57. The molecule has 1 fully saturated rings. The Labute approximate surface area is 55.8 Å². The highest BCUT2D eigenvalue weighted by Crippen LogP contribution is 2.22. The first-order valence-corrected chi connectivity index (χ1v) is 3.47. The van der Waals surface area contributed by atoms with Crippen LogP contribution >= 0.6 is 0 Å². The van der Waals surface area contributed by atoms with Gasteiger partial charge in [-0.15, -0.1) is 0 Å². The molecular formula is C8H12O. The minimum atomic E-state index is 0.429. The fourth-order valence-electron chi connectivity index (χ4n) is 1.28. The maximum absolute atomic E-state index is 10.7. The van der Waals surface area contributed by atoms with Crippen molar-refractivity contribution in [2.24, 2.45) is 5.92 Å². The van der Waals surface area contributed by atoms with Gasteiger partial charge in [-0.25, -0.2) is 0 Å². The van der Waals surface area contributed by atoms with E-state index >= 15 is 0 Å². The second kappa shape index (κ2) is 2.81. The van der Waals surface area contributed by atoms with Gasteiger partial charge in [0.1, 0.15) is 5.78 Å². The Morgan fingerprint density at radius 1 is 1.67 bits per heavy atom. The molecule has 0 saturated heterocycles.